The highest BCUT2D eigenvalue weighted by Crippen LogP contribution is 2.23. The van der Waals surface area contributed by atoms with Crippen LogP contribution in [0.5, 0.6) is 0 Å². The lowest BCUT2D eigenvalue weighted by atomic mass is 9.87. The Morgan fingerprint density at radius 3 is 1.95 bits per heavy atom. The van der Waals surface area contributed by atoms with E-state index in [1.165, 1.54) is 0 Å². The fourth-order valence-corrected chi connectivity index (χ4v) is 2.17. The van der Waals surface area contributed by atoms with Gasteiger partial charge in [0, 0.05) is 16.7 Å². The van der Waals surface area contributed by atoms with E-state index in [2.05, 4.69) is 11.8 Å². The second kappa shape index (κ2) is 5.10. The molecule has 0 aliphatic heterocycles. The molecule has 0 fully saturated rings. The van der Waals surface area contributed by atoms with Crippen LogP contribution in [0.4, 0.5) is 0 Å². The van der Waals surface area contributed by atoms with E-state index in [-0.39, 0.29) is 22.8 Å². The molecule has 21 heavy (non-hydrogen) atoms. The number of carbonyl (C=O) groups is 2. The molecule has 3 heteroatoms. The molecule has 0 radical (unpaired) electrons. The third-order valence-corrected chi connectivity index (χ3v) is 3.26. The molecule has 0 unspecified atom stereocenters. The molecule has 0 amide bonds. The van der Waals surface area contributed by atoms with Gasteiger partial charge in [0.15, 0.2) is 0 Å². The lowest BCUT2D eigenvalue weighted by Gasteiger charge is -2.14. The maximum absolute atomic E-state index is 12.4. The fourth-order valence-electron chi connectivity index (χ4n) is 2.17. The molecular weight excluding hydrogens is 262 g/mol. The molecule has 1 aliphatic carbocycles. The van der Waals surface area contributed by atoms with Gasteiger partial charge in [-0.3, -0.25) is 9.59 Å². The highest BCUT2D eigenvalue weighted by molar-refractivity contribution is 6.28. The zero-order valence-corrected chi connectivity index (χ0v) is 11.1. The predicted octanol–water partition coefficient (Wildman–Crippen LogP) is 2.33. The standard InChI is InChI=1S/C18H11NO2/c19-16-15(11-10-12-6-2-1-3-7-12)17(20)13-8-4-5-9-14(13)18(16)21/h1-9H,19H2. The number of hydrogen-bond acceptors (Lipinski definition) is 3. The molecule has 2 aromatic rings. The van der Waals surface area contributed by atoms with E-state index in [4.69, 9.17) is 5.73 Å². The van der Waals surface area contributed by atoms with Crippen LogP contribution in [0, 0.1) is 11.8 Å². The summed E-state index contributed by atoms with van der Waals surface area (Å²) in [4.78, 5) is 24.6. The fraction of sp³-hybridized carbons (Fsp3) is 0. The van der Waals surface area contributed by atoms with Crippen LogP contribution in [0.25, 0.3) is 0 Å². The highest BCUT2D eigenvalue weighted by Gasteiger charge is 2.29. The van der Waals surface area contributed by atoms with Crippen LogP contribution in [-0.2, 0) is 0 Å². The molecule has 3 nitrogen and oxygen atoms in total. The first-order valence-electron chi connectivity index (χ1n) is 6.43. The van der Waals surface area contributed by atoms with Crippen LogP contribution in [0.15, 0.2) is 65.9 Å². The van der Waals surface area contributed by atoms with Crippen LogP contribution < -0.4 is 5.73 Å². The summed E-state index contributed by atoms with van der Waals surface area (Å²) in [5.74, 6) is 4.96. The third kappa shape index (κ3) is 2.24. The number of carbonyl (C=O) groups excluding carboxylic acids is 2. The van der Waals surface area contributed by atoms with E-state index >= 15 is 0 Å². The summed E-state index contributed by atoms with van der Waals surface area (Å²) in [6.45, 7) is 0. The van der Waals surface area contributed by atoms with E-state index in [0.29, 0.717) is 11.1 Å². The predicted molar refractivity (Wildman–Crippen MR) is 79.6 cm³/mol. The second-order valence-corrected chi connectivity index (χ2v) is 4.61. The number of rotatable bonds is 0. The third-order valence-electron chi connectivity index (χ3n) is 3.26. The molecule has 100 valence electrons. The first-order valence-corrected chi connectivity index (χ1v) is 6.43. The Hall–Kier alpha value is -3.12. The van der Waals surface area contributed by atoms with Crippen molar-refractivity contribution in [3.63, 3.8) is 0 Å². The lowest BCUT2D eigenvalue weighted by molar-refractivity contribution is 0.0977. The zero-order chi connectivity index (χ0) is 14.8. The molecule has 0 saturated carbocycles. The van der Waals surface area contributed by atoms with Crippen molar-refractivity contribution in [2.24, 2.45) is 5.73 Å². The van der Waals surface area contributed by atoms with E-state index in [1.807, 2.05) is 30.3 Å². The van der Waals surface area contributed by atoms with Crippen molar-refractivity contribution in [2.75, 3.05) is 0 Å². The van der Waals surface area contributed by atoms with Gasteiger partial charge in [0.1, 0.15) is 5.70 Å². The maximum Gasteiger partial charge on any atom is 0.210 e. The quantitative estimate of drug-likeness (QED) is 0.749. The van der Waals surface area contributed by atoms with Crippen LogP contribution in [-0.4, -0.2) is 11.6 Å². The van der Waals surface area contributed by atoms with Gasteiger partial charge in [-0.15, -0.1) is 0 Å². The van der Waals surface area contributed by atoms with E-state index < -0.39 is 0 Å². The van der Waals surface area contributed by atoms with Gasteiger partial charge in [-0.05, 0) is 12.1 Å². The Bertz CT molecular complexity index is 836. The molecule has 2 N–H and O–H groups in total. The Morgan fingerprint density at radius 1 is 0.714 bits per heavy atom. The maximum atomic E-state index is 12.4. The number of allylic oxidation sites excluding steroid dienone is 2. The Labute approximate surface area is 122 Å². The number of benzene rings is 2. The molecule has 3 rings (SSSR count). The minimum atomic E-state index is -0.345. The summed E-state index contributed by atoms with van der Waals surface area (Å²) >= 11 is 0. The largest absolute Gasteiger partial charge is 0.394 e. The van der Waals surface area contributed by atoms with Crippen molar-refractivity contribution in [3.8, 4) is 11.8 Å². The molecule has 2 aromatic carbocycles. The summed E-state index contributed by atoms with van der Waals surface area (Å²) in [6, 6.07) is 15.9. The molecule has 0 heterocycles. The van der Waals surface area contributed by atoms with E-state index in [9.17, 15) is 9.59 Å². The number of ketones is 2. The first-order chi connectivity index (χ1) is 10.2. The summed E-state index contributed by atoms with van der Waals surface area (Å²) < 4.78 is 0. The summed E-state index contributed by atoms with van der Waals surface area (Å²) in [5.41, 5.74) is 7.24. The summed E-state index contributed by atoms with van der Waals surface area (Å²) in [5, 5.41) is 0. The van der Waals surface area contributed by atoms with E-state index in [1.54, 1.807) is 24.3 Å². The highest BCUT2D eigenvalue weighted by atomic mass is 16.1. The van der Waals surface area contributed by atoms with Gasteiger partial charge in [-0.25, -0.2) is 0 Å². The monoisotopic (exact) mass is 273 g/mol. The number of nitrogens with two attached hydrogens (primary N) is 1. The molecular formula is C18H11NO2. The molecule has 0 aromatic heterocycles. The van der Waals surface area contributed by atoms with Gasteiger partial charge in [-0.2, -0.15) is 0 Å². The number of fused-ring (bicyclic) bond motifs is 1. The lowest BCUT2D eigenvalue weighted by Crippen LogP contribution is -2.25. The van der Waals surface area contributed by atoms with E-state index in [0.717, 1.165) is 5.56 Å². The minimum Gasteiger partial charge on any atom is -0.394 e. The van der Waals surface area contributed by atoms with Crippen LogP contribution in [0.1, 0.15) is 26.3 Å². The van der Waals surface area contributed by atoms with Crippen molar-refractivity contribution in [1.29, 1.82) is 0 Å². The molecule has 0 spiro atoms. The Kier molecular flexibility index (Phi) is 3.13. The molecule has 1 aliphatic rings. The Balaban J connectivity index is 2.08. The minimum absolute atomic E-state index is 0.0718. The summed E-state index contributed by atoms with van der Waals surface area (Å²) in [7, 11) is 0. The van der Waals surface area contributed by atoms with Crippen LogP contribution >= 0.6 is 0 Å². The van der Waals surface area contributed by atoms with Crippen molar-refractivity contribution < 1.29 is 9.59 Å². The first kappa shape index (κ1) is 12.9. The Morgan fingerprint density at radius 2 is 1.29 bits per heavy atom. The molecule has 0 saturated heterocycles. The van der Waals surface area contributed by atoms with Gasteiger partial charge < -0.3 is 5.73 Å². The number of hydrogen-bond donors (Lipinski definition) is 1. The average molecular weight is 273 g/mol. The van der Waals surface area contributed by atoms with Gasteiger partial charge in [-0.1, -0.05) is 54.3 Å². The average Bonchev–Trinajstić information content (AvgIpc) is 2.54. The smallest absolute Gasteiger partial charge is 0.210 e. The molecule has 0 atom stereocenters. The second-order valence-electron chi connectivity index (χ2n) is 4.61. The number of Topliss-reactive ketones (excluding diaryl/α,β-unsaturated/α-hetero) is 2. The van der Waals surface area contributed by atoms with Crippen molar-refractivity contribution >= 4 is 11.6 Å². The molecule has 0 bridgehead atoms. The van der Waals surface area contributed by atoms with Gasteiger partial charge in [0.2, 0.25) is 11.6 Å². The van der Waals surface area contributed by atoms with Gasteiger partial charge >= 0.3 is 0 Å². The van der Waals surface area contributed by atoms with Crippen molar-refractivity contribution in [3.05, 3.63) is 82.6 Å². The van der Waals surface area contributed by atoms with Crippen LogP contribution in [0.2, 0.25) is 0 Å². The zero-order valence-electron chi connectivity index (χ0n) is 11.1. The van der Waals surface area contributed by atoms with Gasteiger partial charge in [0.25, 0.3) is 0 Å². The van der Waals surface area contributed by atoms with Crippen LogP contribution in [0.3, 0.4) is 0 Å². The summed E-state index contributed by atoms with van der Waals surface area (Å²) in [6.07, 6.45) is 0. The van der Waals surface area contributed by atoms with Crippen molar-refractivity contribution in [1.82, 2.24) is 0 Å². The van der Waals surface area contributed by atoms with Gasteiger partial charge in [0.05, 0.1) is 5.57 Å². The van der Waals surface area contributed by atoms with Crippen molar-refractivity contribution in [2.45, 2.75) is 0 Å². The topological polar surface area (TPSA) is 60.2 Å². The normalized spacial score (nSPS) is 13.5. The SMILES string of the molecule is NC1=C(C#Cc2ccccc2)C(=O)c2ccccc2C1=O.